The van der Waals surface area contributed by atoms with Gasteiger partial charge in [-0.25, -0.2) is 4.39 Å². The summed E-state index contributed by atoms with van der Waals surface area (Å²) in [5, 5.41) is 8.06. The molecular weight excluding hydrogens is 367 g/mol. The van der Waals surface area contributed by atoms with E-state index in [1.54, 1.807) is 41.7 Å². The van der Waals surface area contributed by atoms with Crippen LogP contribution in [0.2, 0.25) is 0 Å². The van der Waals surface area contributed by atoms with Crippen LogP contribution in [-0.4, -0.2) is 19.2 Å². The molecule has 1 aliphatic rings. The molecule has 1 atom stereocenters. The number of benzene rings is 2. The van der Waals surface area contributed by atoms with Crippen molar-refractivity contribution in [1.29, 1.82) is 0 Å². The van der Waals surface area contributed by atoms with Crippen LogP contribution >= 0.6 is 11.3 Å². The number of nitrogens with one attached hydrogen (secondary N) is 2. The first-order valence-corrected chi connectivity index (χ1v) is 9.29. The Bertz CT molecular complexity index is 929. The van der Waals surface area contributed by atoms with E-state index in [1.807, 2.05) is 17.5 Å². The van der Waals surface area contributed by atoms with Crippen LogP contribution in [0.1, 0.15) is 16.5 Å². The van der Waals surface area contributed by atoms with Gasteiger partial charge in [0, 0.05) is 16.6 Å². The first-order valence-electron chi connectivity index (χ1n) is 8.41. The second-order valence-corrected chi connectivity index (χ2v) is 6.98. The van der Waals surface area contributed by atoms with Gasteiger partial charge in [0.2, 0.25) is 12.7 Å². The van der Waals surface area contributed by atoms with E-state index in [2.05, 4.69) is 10.6 Å². The van der Waals surface area contributed by atoms with Gasteiger partial charge in [-0.05, 0) is 41.3 Å². The number of rotatable bonds is 6. The summed E-state index contributed by atoms with van der Waals surface area (Å²) < 4.78 is 23.8. The van der Waals surface area contributed by atoms with Crippen molar-refractivity contribution in [3.8, 4) is 11.5 Å². The number of carbonyl (C=O) groups excluding carboxylic acids is 1. The fourth-order valence-corrected chi connectivity index (χ4v) is 3.69. The van der Waals surface area contributed by atoms with Gasteiger partial charge in [-0.1, -0.05) is 18.2 Å². The highest BCUT2D eigenvalue weighted by Crippen LogP contribution is 2.34. The molecular formula is C20H17FN2O3S. The Morgan fingerprint density at radius 1 is 1.11 bits per heavy atom. The Balaban J connectivity index is 1.43. The third kappa shape index (κ3) is 4.10. The number of thiophene rings is 1. The number of carbonyl (C=O) groups is 1. The van der Waals surface area contributed by atoms with E-state index in [-0.39, 0.29) is 31.1 Å². The molecule has 2 heterocycles. The minimum absolute atomic E-state index is 0.106. The van der Waals surface area contributed by atoms with Crippen molar-refractivity contribution < 1.29 is 18.7 Å². The van der Waals surface area contributed by atoms with Crippen molar-refractivity contribution in [2.24, 2.45) is 0 Å². The zero-order valence-corrected chi connectivity index (χ0v) is 15.1. The first kappa shape index (κ1) is 17.5. The monoisotopic (exact) mass is 384 g/mol. The van der Waals surface area contributed by atoms with Gasteiger partial charge in [0.05, 0.1) is 12.6 Å². The van der Waals surface area contributed by atoms with Crippen molar-refractivity contribution in [3.63, 3.8) is 0 Å². The molecule has 27 heavy (non-hydrogen) atoms. The van der Waals surface area contributed by atoms with Crippen LogP contribution in [0.15, 0.2) is 60.0 Å². The Hall–Kier alpha value is -2.90. The minimum Gasteiger partial charge on any atom is -0.454 e. The van der Waals surface area contributed by atoms with Crippen LogP contribution in [0.4, 0.5) is 10.1 Å². The molecule has 1 aliphatic heterocycles. The van der Waals surface area contributed by atoms with Crippen LogP contribution in [0, 0.1) is 5.82 Å². The maximum Gasteiger partial charge on any atom is 0.238 e. The molecule has 0 fully saturated rings. The van der Waals surface area contributed by atoms with Gasteiger partial charge in [-0.3, -0.25) is 10.1 Å². The lowest BCUT2D eigenvalue weighted by atomic mass is 10.1. The summed E-state index contributed by atoms with van der Waals surface area (Å²) in [4.78, 5) is 13.4. The highest BCUT2D eigenvalue weighted by molar-refractivity contribution is 7.10. The molecule has 0 spiro atoms. The maximum atomic E-state index is 13.2. The number of hydrogen-bond acceptors (Lipinski definition) is 5. The Morgan fingerprint density at radius 3 is 2.70 bits per heavy atom. The quantitative estimate of drug-likeness (QED) is 0.676. The maximum absolute atomic E-state index is 13.2. The molecule has 1 amide bonds. The molecule has 0 bridgehead atoms. The SMILES string of the molecule is O=C(CNC(c1ccc(F)cc1)c1cccs1)Nc1ccc2c(c1)OCO2. The molecule has 2 aromatic carbocycles. The summed E-state index contributed by atoms with van der Waals surface area (Å²) in [7, 11) is 0. The summed E-state index contributed by atoms with van der Waals surface area (Å²) >= 11 is 1.58. The highest BCUT2D eigenvalue weighted by atomic mass is 32.1. The third-order valence-electron chi connectivity index (χ3n) is 4.15. The lowest BCUT2D eigenvalue weighted by Gasteiger charge is -2.18. The van der Waals surface area contributed by atoms with Crippen molar-refractivity contribution >= 4 is 22.9 Å². The molecule has 0 aliphatic carbocycles. The second kappa shape index (κ2) is 7.77. The van der Waals surface area contributed by atoms with Gasteiger partial charge < -0.3 is 14.8 Å². The molecule has 1 unspecified atom stereocenters. The van der Waals surface area contributed by atoms with E-state index < -0.39 is 0 Å². The molecule has 138 valence electrons. The first-order chi connectivity index (χ1) is 13.2. The number of fused-ring (bicyclic) bond motifs is 1. The van der Waals surface area contributed by atoms with E-state index in [9.17, 15) is 9.18 Å². The minimum atomic E-state index is -0.288. The van der Waals surface area contributed by atoms with Gasteiger partial charge >= 0.3 is 0 Å². The summed E-state index contributed by atoms with van der Waals surface area (Å²) in [6.45, 7) is 0.294. The Kier molecular flexibility index (Phi) is 5.04. The molecule has 0 saturated heterocycles. The molecule has 0 radical (unpaired) electrons. The Labute approximate surface area is 159 Å². The van der Waals surface area contributed by atoms with Crippen molar-refractivity contribution in [3.05, 3.63) is 76.2 Å². The normalized spacial score (nSPS) is 13.4. The van der Waals surface area contributed by atoms with E-state index >= 15 is 0 Å². The van der Waals surface area contributed by atoms with Crippen LogP contribution in [-0.2, 0) is 4.79 Å². The fourth-order valence-electron chi connectivity index (χ4n) is 2.87. The van der Waals surface area contributed by atoms with Gasteiger partial charge in [-0.2, -0.15) is 0 Å². The zero-order valence-electron chi connectivity index (χ0n) is 14.3. The number of ether oxygens (including phenoxy) is 2. The molecule has 2 N–H and O–H groups in total. The van der Waals surface area contributed by atoms with Gasteiger partial charge in [0.1, 0.15) is 5.82 Å². The van der Waals surface area contributed by atoms with Crippen LogP contribution in [0.25, 0.3) is 0 Å². The summed E-state index contributed by atoms with van der Waals surface area (Å²) in [5.74, 6) is 0.811. The van der Waals surface area contributed by atoms with Gasteiger partial charge in [0.25, 0.3) is 0 Å². The zero-order chi connectivity index (χ0) is 18.6. The molecule has 0 saturated carbocycles. The summed E-state index contributed by atoms with van der Waals surface area (Å²) in [5.41, 5.74) is 1.54. The van der Waals surface area contributed by atoms with Crippen LogP contribution < -0.4 is 20.1 Å². The Morgan fingerprint density at radius 2 is 1.93 bits per heavy atom. The predicted molar refractivity (Wildman–Crippen MR) is 102 cm³/mol. The smallest absolute Gasteiger partial charge is 0.238 e. The number of halogens is 1. The van der Waals surface area contributed by atoms with Crippen molar-refractivity contribution in [1.82, 2.24) is 5.32 Å². The van der Waals surface area contributed by atoms with Crippen molar-refractivity contribution in [2.45, 2.75) is 6.04 Å². The molecule has 4 rings (SSSR count). The fraction of sp³-hybridized carbons (Fsp3) is 0.150. The van der Waals surface area contributed by atoms with E-state index in [0.29, 0.717) is 17.2 Å². The standard InChI is InChI=1S/C20H17FN2O3S/c21-14-5-3-13(4-6-14)20(18-2-1-9-27-18)22-11-19(24)23-15-7-8-16-17(10-15)26-12-25-16/h1-10,20,22H,11-12H2,(H,23,24). The summed E-state index contributed by atoms with van der Waals surface area (Å²) in [6.07, 6.45) is 0. The average molecular weight is 384 g/mol. The third-order valence-corrected chi connectivity index (χ3v) is 5.09. The predicted octanol–water partition coefficient (Wildman–Crippen LogP) is 3.93. The molecule has 5 nitrogen and oxygen atoms in total. The lowest BCUT2D eigenvalue weighted by Crippen LogP contribution is -2.31. The van der Waals surface area contributed by atoms with E-state index in [1.165, 1.54) is 12.1 Å². The van der Waals surface area contributed by atoms with E-state index in [4.69, 9.17) is 9.47 Å². The topological polar surface area (TPSA) is 59.6 Å². The average Bonchev–Trinajstić information content (AvgIpc) is 3.35. The number of hydrogen-bond donors (Lipinski definition) is 2. The second-order valence-electron chi connectivity index (χ2n) is 6.00. The largest absolute Gasteiger partial charge is 0.454 e. The molecule has 3 aromatic rings. The van der Waals surface area contributed by atoms with E-state index in [0.717, 1.165) is 10.4 Å². The van der Waals surface area contributed by atoms with Gasteiger partial charge in [-0.15, -0.1) is 11.3 Å². The summed E-state index contributed by atoms with van der Waals surface area (Å²) in [6, 6.07) is 15.3. The van der Waals surface area contributed by atoms with Crippen LogP contribution in [0.5, 0.6) is 11.5 Å². The molecule has 1 aromatic heterocycles. The van der Waals surface area contributed by atoms with Crippen molar-refractivity contribution in [2.75, 3.05) is 18.7 Å². The molecule has 7 heteroatoms. The number of anilines is 1. The van der Waals surface area contributed by atoms with Gasteiger partial charge in [0.15, 0.2) is 11.5 Å². The highest BCUT2D eigenvalue weighted by Gasteiger charge is 2.17. The van der Waals surface area contributed by atoms with Crippen LogP contribution in [0.3, 0.4) is 0 Å². The number of amides is 1. The lowest BCUT2D eigenvalue weighted by molar-refractivity contribution is -0.115.